The van der Waals surface area contributed by atoms with E-state index in [0.717, 1.165) is 5.56 Å². The predicted octanol–water partition coefficient (Wildman–Crippen LogP) is 2.53. The maximum Gasteiger partial charge on any atom is 0.225 e. The zero-order valence-electron chi connectivity index (χ0n) is 15.3. The number of ether oxygens (including phenoxy) is 2. The lowest BCUT2D eigenvalue weighted by molar-refractivity contribution is -0.116. The number of nitrogens with zero attached hydrogens (tertiary/aromatic N) is 1. The second-order valence-electron chi connectivity index (χ2n) is 5.88. The van der Waals surface area contributed by atoms with Crippen LogP contribution in [0.25, 0.3) is 0 Å². The summed E-state index contributed by atoms with van der Waals surface area (Å²) in [5.41, 5.74) is 1.78. The quantitative estimate of drug-likeness (QED) is 0.683. The average Bonchev–Trinajstić information content (AvgIpc) is 2.66. The van der Waals surface area contributed by atoms with Gasteiger partial charge in [0.25, 0.3) is 0 Å². The summed E-state index contributed by atoms with van der Waals surface area (Å²) < 4.78 is 10.4. The van der Waals surface area contributed by atoms with Gasteiger partial charge in [-0.25, -0.2) is 0 Å². The molecule has 6 nitrogen and oxygen atoms in total. The van der Waals surface area contributed by atoms with Crippen molar-refractivity contribution in [1.29, 1.82) is 0 Å². The Morgan fingerprint density at radius 1 is 1.04 bits per heavy atom. The average molecular weight is 358 g/mol. The number of carbonyl (C=O) groups is 1. The van der Waals surface area contributed by atoms with E-state index in [-0.39, 0.29) is 12.5 Å². The van der Waals surface area contributed by atoms with Crippen molar-refractivity contribution in [2.24, 2.45) is 0 Å². The van der Waals surface area contributed by atoms with Crippen molar-refractivity contribution >= 4 is 11.6 Å². The van der Waals surface area contributed by atoms with Crippen LogP contribution in [-0.4, -0.2) is 49.8 Å². The highest BCUT2D eigenvalue weighted by Crippen LogP contribution is 2.25. The van der Waals surface area contributed by atoms with Crippen molar-refractivity contribution in [2.75, 3.05) is 39.2 Å². The van der Waals surface area contributed by atoms with Crippen LogP contribution in [-0.2, 0) is 11.3 Å². The number of nitrogens with one attached hydrogen (secondary N) is 1. The van der Waals surface area contributed by atoms with Gasteiger partial charge in [0.2, 0.25) is 5.91 Å². The van der Waals surface area contributed by atoms with E-state index in [2.05, 4.69) is 10.2 Å². The van der Waals surface area contributed by atoms with Gasteiger partial charge < -0.3 is 19.9 Å². The van der Waals surface area contributed by atoms with E-state index in [0.29, 0.717) is 43.2 Å². The van der Waals surface area contributed by atoms with Crippen LogP contribution in [0.2, 0.25) is 0 Å². The van der Waals surface area contributed by atoms with Gasteiger partial charge in [-0.1, -0.05) is 30.3 Å². The van der Waals surface area contributed by atoms with Crippen LogP contribution in [0, 0.1) is 0 Å². The number of hydrogen-bond donors (Lipinski definition) is 2. The van der Waals surface area contributed by atoms with Gasteiger partial charge in [0.05, 0.1) is 20.8 Å². The van der Waals surface area contributed by atoms with Gasteiger partial charge in [0, 0.05) is 49.9 Å². The highest BCUT2D eigenvalue weighted by Gasteiger charge is 2.10. The second-order valence-corrected chi connectivity index (χ2v) is 5.88. The topological polar surface area (TPSA) is 71.0 Å². The van der Waals surface area contributed by atoms with Gasteiger partial charge >= 0.3 is 0 Å². The lowest BCUT2D eigenvalue weighted by atomic mass is 10.2. The summed E-state index contributed by atoms with van der Waals surface area (Å²) in [5.74, 6) is 1.13. The number of benzene rings is 2. The predicted molar refractivity (Wildman–Crippen MR) is 102 cm³/mol. The molecule has 0 aliphatic carbocycles. The van der Waals surface area contributed by atoms with Crippen molar-refractivity contribution in [3.8, 4) is 11.5 Å². The molecular weight excluding hydrogens is 332 g/mol. The molecule has 0 bridgehead atoms. The van der Waals surface area contributed by atoms with Crippen molar-refractivity contribution < 1.29 is 19.4 Å². The van der Waals surface area contributed by atoms with Gasteiger partial charge in [-0.15, -0.1) is 0 Å². The number of anilines is 1. The molecular formula is C20H26N2O4. The highest BCUT2D eigenvalue weighted by atomic mass is 16.5. The molecule has 0 saturated carbocycles. The van der Waals surface area contributed by atoms with E-state index >= 15 is 0 Å². The molecule has 2 aromatic rings. The Bertz CT molecular complexity index is 669. The summed E-state index contributed by atoms with van der Waals surface area (Å²) in [6.07, 6.45) is 0.326. The fraction of sp³-hybridized carbons (Fsp3) is 0.350. The Morgan fingerprint density at radius 3 is 2.27 bits per heavy atom. The molecule has 6 heteroatoms. The fourth-order valence-corrected chi connectivity index (χ4v) is 2.62. The molecule has 0 radical (unpaired) electrons. The molecule has 2 aromatic carbocycles. The van der Waals surface area contributed by atoms with Gasteiger partial charge in [-0.2, -0.15) is 0 Å². The summed E-state index contributed by atoms with van der Waals surface area (Å²) in [5, 5.41) is 12.1. The van der Waals surface area contributed by atoms with Crippen LogP contribution >= 0.6 is 0 Å². The van der Waals surface area contributed by atoms with Crippen LogP contribution in [0.1, 0.15) is 12.0 Å². The Balaban J connectivity index is 1.91. The van der Waals surface area contributed by atoms with E-state index in [9.17, 15) is 9.90 Å². The van der Waals surface area contributed by atoms with Crippen LogP contribution in [0.4, 0.5) is 5.69 Å². The molecule has 0 aliphatic heterocycles. The minimum absolute atomic E-state index is 0.0571. The summed E-state index contributed by atoms with van der Waals surface area (Å²) in [6, 6.07) is 15.2. The Labute approximate surface area is 154 Å². The lowest BCUT2D eigenvalue weighted by Gasteiger charge is -2.21. The molecule has 0 fully saturated rings. The zero-order chi connectivity index (χ0) is 18.8. The second kappa shape index (κ2) is 10.4. The molecule has 140 valence electrons. The number of aliphatic hydroxyl groups is 1. The molecule has 0 spiro atoms. The third-order valence-corrected chi connectivity index (χ3v) is 3.96. The minimum Gasteiger partial charge on any atom is -0.497 e. The third-order valence-electron chi connectivity index (χ3n) is 3.96. The van der Waals surface area contributed by atoms with Crippen molar-refractivity contribution in [2.45, 2.75) is 13.0 Å². The van der Waals surface area contributed by atoms with Gasteiger partial charge in [-0.05, 0) is 5.56 Å². The van der Waals surface area contributed by atoms with Crippen molar-refractivity contribution in [3.05, 3.63) is 54.1 Å². The smallest absolute Gasteiger partial charge is 0.225 e. The first-order chi connectivity index (χ1) is 12.6. The first kappa shape index (κ1) is 19.8. The third kappa shape index (κ3) is 6.38. The number of methoxy groups -OCH3 is 2. The first-order valence-electron chi connectivity index (χ1n) is 8.54. The summed E-state index contributed by atoms with van der Waals surface area (Å²) in [6.45, 7) is 1.83. The van der Waals surface area contributed by atoms with Crippen molar-refractivity contribution in [3.63, 3.8) is 0 Å². The number of carbonyl (C=O) groups excluding carboxylic acids is 1. The fourth-order valence-electron chi connectivity index (χ4n) is 2.62. The molecule has 1 amide bonds. The molecule has 0 unspecified atom stereocenters. The summed E-state index contributed by atoms with van der Waals surface area (Å²) >= 11 is 0. The van der Waals surface area contributed by atoms with E-state index < -0.39 is 0 Å². The normalized spacial score (nSPS) is 10.6. The van der Waals surface area contributed by atoms with E-state index in [1.54, 1.807) is 32.4 Å². The Morgan fingerprint density at radius 2 is 1.69 bits per heavy atom. The number of aliphatic hydroxyl groups excluding tert-OH is 1. The van der Waals surface area contributed by atoms with Crippen LogP contribution in [0.3, 0.4) is 0 Å². The van der Waals surface area contributed by atoms with Crippen LogP contribution < -0.4 is 14.8 Å². The molecule has 0 atom stereocenters. The summed E-state index contributed by atoms with van der Waals surface area (Å²) in [7, 11) is 3.13. The number of hydrogen-bond acceptors (Lipinski definition) is 5. The maximum atomic E-state index is 12.3. The lowest BCUT2D eigenvalue weighted by Crippen LogP contribution is -2.30. The number of rotatable bonds is 10. The van der Waals surface area contributed by atoms with E-state index in [4.69, 9.17) is 9.47 Å². The monoisotopic (exact) mass is 358 g/mol. The largest absolute Gasteiger partial charge is 0.497 e. The SMILES string of the molecule is COc1cc(NC(=O)CCN(CCO)Cc2ccccc2)cc(OC)c1. The van der Waals surface area contributed by atoms with Gasteiger partial charge in [0.1, 0.15) is 11.5 Å². The Hall–Kier alpha value is -2.57. The molecule has 2 N–H and O–H groups in total. The maximum absolute atomic E-state index is 12.3. The first-order valence-corrected chi connectivity index (χ1v) is 8.54. The molecule has 26 heavy (non-hydrogen) atoms. The Kier molecular flexibility index (Phi) is 7.92. The summed E-state index contributed by atoms with van der Waals surface area (Å²) in [4.78, 5) is 14.3. The van der Waals surface area contributed by atoms with E-state index in [1.165, 1.54) is 0 Å². The molecule has 0 aromatic heterocycles. The highest BCUT2D eigenvalue weighted by molar-refractivity contribution is 5.91. The van der Waals surface area contributed by atoms with Gasteiger partial charge in [-0.3, -0.25) is 9.69 Å². The molecule has 0 heterocycles. The molecule has 2 rings (SSSR count). The van der Waals surface area contributed by atoms with Crippen molar-refractivity contribution in [1.82, 2.24) is 4.90 Å². The molecule has 0 saturated heterocycles. The zero-order valence-corrected chi connectivity index (χ0v) is 15.3. The minimum atomic E-state index is -0.101. The van der Waals surface area contributed by atoms with Gasteiger partial charge in [0.15, 0.2) is 0 Å². The standard InChI is InChI=1S/C20H26N2O4/c1-25-18-12-17(13-19(14-18)26-2)21-20(24)8-9-22(10-11-23)15-16-6-4-3-5-7-16/h3-7,12-14,23H,8-11,15H2,1-2H3,(H,21,24). The molecule has 0 aliphatic rings. The van der Waals surface area contributed by atoms with E-state index in [1.807, 2.05) is 30.3 Å². The number of amides is 1. The van der Waals surface area contributed by atoms with Crippen LogP contribution in [0.5, 0.6) is 11.5 Å². The van der Waals surface area contributed by atoms with Crippen LogP contribution in [0.15, 0.2) is 48.5 Å².